The lowest BCUT2D eigenvalue weighted by atomic mass is 9.76. The normalized spacial score (nSPS) is 28.0. The molecule has 3 rings (SSSR count). The van der Waals surface area contributed by atoms with Crippen molar-refractivity contribution in [2.24, 2.45) is 16.9 Å². The second-order valence-electron chi connectivity index (χ2n) is 6.82. The maximum absolute atomic E-state index is 13.7. The van der Waals surface area contributed by atoms with Gasteiger partial charge in [-0.25, -0.2) is 0 Å². The summed E-state index contributed by atoms with van der Waals surface area (Å²) in [6.45, 7) is 1.04. The minimum Gasteiger partial charge on any atom is -0.482 e. The fraction of sp³-hybridized carbons (Fsp3) is 0.529. The smallest absolute Gasteiger partial charge is 0.439 e. The summed E-state index contributed by atoms with van der Waals surface area (Å²) in [7, 11) is 0. The first-order valence-electron chi connectivity index (χ1n) is 8.31. The summed E-state index contributed by atoms with van der Waals surface area (Å²) < 4.78 is 46.4. The van der Waals surface area contributed by atoms with Crippen LogP contribution in [0.15, 0.2) is 23.3 Å². The van der Waals surface area contributed by atoms with E-state index in [1.165, 1.54) is 18.2 Å². The molecule has 10 heteroatoms. The van der Waals surface area contributed by atoms with E-state index in [-0.39, 0.29) is 33.8 Å². The number of aliphatic hydroxyl groups is 1. The Morgan fingerprint density at radius 1 is 1.44 bits per heavy atom. The maximum atomic E-state index is 13.7. The maximum Gasteiger partial charge on any atom is 0.439 e. The van der Waals surface area contributed by atoms with E-state index in [4.69, 9.17) is 27.9 Å². The van der Waals surface area contributed by atoms with Crippen LogP contribution in [-0.2, 0) is 4.79 Å². The molecule has 1 heterocycles. The van der Waals surface area contributed by atoms with Crippen LogP contribution in [-0.4, -0.2) is 40.2 Å². The summed E-state index contributed by atoms with van der Waals surface area (Å²) in [6.07, 6.45) is -4.00. The molecule has 0 unspecified atom stereocenters. The summed E-state index contributed by atoms with van der Waals surface area (Å²) in [5.41, 5.74) is -3.19. The SMILES string of the molecule is C[C@@H]1CCC2=NN(C(=O)COc3ccc(Cl)cc3Cl)[C@](O)(C(F)(F)F)[C@H]2C1. The molecule has 1 amide bonds. The molecule has 1 fully saturated rings. The fourth-order valence-corrected chi connectivity index (χ4v) is 3.91. The molecule has 2 aliphatic rings. The molecule has 1 aromatic rings. The monoisotopic (exact) mass is 424 g/mol. The van der Waals surface area contributed by atoms with Crippen molar-refractivity contribution in [2.45, 2.75) is 38.1 Å². The standard InChI is InChI=1S/C17H17Cl2F3N2O3/c1-9-2-4-13-11(6-9)16(26,17(20,21)22)24(23-13)15(25)8-27-14-5-3-10(18)7-12(14)19/h3,5,7,9,11,26H,2,4,6,8H2,1H3/t9-,11+,16-/m1/s1. The fourth-order valence-electron chi connectivity index (χ4n) is 3.45. The summed E-state index contributed by atoms with van der Waals surface area (Å²) in [4.78, 5) is 12.4. The molecule has 0 bridgehead atoms. The van der Waals surface area contributed by atoms with Crippen LogP contribution in [0.4, 0.5) is 13.2 Å². The minimum atomic E-state index is -5.06. The van der Waals surface area contributed by atoms with Gasteiger partial charge in [0.05, 0.1) is 10.9 Å². The third kappa shape index (κ3) is 3.62. The molecule has 1 saturated carbocycles. The van der Waals surface area contributed by atoms with Gasteiger partial charge in [0.25, 0.3) is 11.6 Å². The first kappa shape index (κ1) is 20.2. The van der Waals surface area contributed by atoms with Gasteiger partial charge in [-0.3, -0.25) is 4.79 Å². The lowest BCUT2D eigenvalue weighted by Gasteiger charge is -2.39. The second kappa shape index (κ2) is 7.14. The van der Waals surface area contributed by atoms with E-state index in [0.29, 0.717) is 17.9 Å². The molecule has 0 saturated heterocycles. The van der Waals surface area contributed by atoms with Crippen LogP contribution < -0.4 is 4.74 Å². The van der Waals surface area contributed by atoms with Gasteiger partial charge >= 0.3 is 6.18 Å². The number of amides is 1. The number of alkyl halides is 3. The minimum absolute atomic E-state index is 0.0120. The number of carbonyl (C=O) groups excluding carboxylic acids is 1. The first-order chi connectivity index (χ1) is 12.5. The molecular formula is C17H17Cl2F3N2O3. The van der Waals surface area contributed by atoms with Gasteiger partial charge in [-0.15, -0.1) is 0 Å². The highest BCUT2D eigenvalue weighted by Crippen LogP contribution is 2.49. The van der Waals surface area contributed by atoms with Crippen molar-refractivity contribution < 1.29 is 27.8 Å². The molecule has 0 aromatic heterocycles. The van der Waals surface area contributed by atoms with Crippen LogP contribution in [0.1, 0.15) is 26.2 Å². The van der Waals surface area contributed by atoms with E-state index in [2.05, 4.69) is 5.10 Å². The first-order valence-corrected chi connectivity index (χ1v) is 9.07. The van der Waals surface area contributed by atoms with Crippen molar-refractivity contribution in [3.8, 4) is 5.75 Å². The van der Waals surface area contributed by atoms with Crippen LogP contribution in [0, 0.1) is 11.8 Å². The van der Waals surface area contributed by atoms with Crippen molar-refractivity contribution in [1.82, 2.24) is 5.01 Å². The van der Waals surface area contributed by atoms with Gasteiger partial charge in [-0.05, 0) is 43.4 Å². The second-order valence-corrected chi connectivity index (χ2v) is 7.66. The van der Waals surface area contributed by atoms with Crippen LogP contribution in [0.2, 0.25) is 10.0 Å². The molecule has 3 atom stereocenters. The Balaban J connectivity index is 1.82. The van der Waals surface area contributed by atoms with Crippen LogP contribution in [0.25, 0.3) is 0 Å². The van der Waals surface area contributed by atoms with Gasteiger partial charge in [-0.2, -0.15) is 23.3 Å². The lowest BCUT2D eigenvalue weighted by Crippen LogP contribution is -2.62. The number of carbonyl (C=O) groups is 1. The third-order valence-electron chi connectivity index (χ3n) is 4.87. The van der Waals surface area contributed by atoms with Crippen molar-refractivity contribution in [3.63, 3.8) is 0 Å². The Morgan fingerprint density at radius 2 is 2.15 bits per heavy atom. The Hall–Kier alpha value is -1.51. The number of hydrogen-bond donors (Lipinski definition) is 1. The zero-order valence-corrected chi connectivity index (χ0v) is 15.8. The Labute approximate surface area is 163 Å². The predicted octanol–water partition coefficient (Wildman–Crippen LogP) is 4.26. The quantitative estimate of drug-likeness (QED) is 0.788. The molecule has 148 valence electrons. The van der Waals surface area contributed by atoms with Crippen molar-refractivity contribution in [3.05, 3.63) is 28.2 Å². The van der Waals surface area contributed by atoms with E-state index in [0.717, 1.165) is 0 Å². The highest BCUT2D eigenvalue weighted by atomic mass is 35.5. The van der Waals surface area contributed by atoms with Gasteiger partial charge < -0.3 is 9.84 Å². The van der Waals surface area contributed by atoms with Crippen molar-refractivity contribution in [1.29, 1.82) is 0 Å². The lowest BCUT2D eigenvalue weighted by molar-refractivity contribution is -0.318. The van der Waals surface area contributed by atoms with Gasteiger partial charge in [0.1, 0.15) is 5.75 Å². The number of halogens is 5. The topological polar surface area (TPSA) is 62.1 Å². The number of benzene rings is 1. The van der Waals surface area contributed by atoms with Crippen molar-refractivity contribution >= 4 is 34.8 Å². The van der Waals surface area contributed by atoms with Gasteiger partial charge in [0.2, 0.25) is 0 Å². The van der Waals surface area contributed by atoms with Gasteiger partial charge in [0.15, 0.2) is 6.61 Å². The van der Waals surface area contributed by atoms with E-state index >= 15 is 0 Å². The number of ether oxygens (including phenoxy) is 1. The third-order valence-corrected chi connectivity index (χ3v) is 5.40. The van der Waals surface area contributed by atoms with E-state index in [1.54, 1.807) is 0 Å². The van der Waals surface area contributed by atoms with Crippen LogP contribution >= 0.6 is 23.2 Å². The highest BCUT2D eigenvalue weighted by molar-refractivity contribution is 6.35. The van der Waals surface area contributed by atoms with Gasteiger partial charge in [-0.1, -0.05) is 30.1 Å². The average molecular weight is 425 g/mol. The Morgan fingerprint density at radius 3 is 2.78 bits per heavy atom. The molecule has 5 nitrogen and oxygen atoms in total. The molecular weight excluding hydrogens is 408 g/mol. The number of nitrogens with zero attached hydrogens (tertiary/aromatic N) is 2. The number of hydrogen-bond acceptors (Lipinski definition) is 4. The van der Waals surface area contributed by atoms with Crippen LogP contribution in [0.5, 0.6) is 5.75 Å². The van der Waals surface area contributed by atoms with Crippen molar-refractivity contribution in [2.75, 3.05) is 6.61 Å². The number of rotatable bonds is 3. The largest absolute Gasteiger partial charge is 0.482 e. The molecule has 1 aliphatic carbocycles. The summed E-state index contributed by atoms with van der Waals surface area (Å²) >= 11 is 11.7. The van der Waals surface area contributed by atoms with E-state index in [9.17, 15) is 23.1 Å². The molecule has 1 aliphatic heterocycles. The predicted molar refractivity (Wildman–Crippen MR) is 93.7 cm³/mol. The average Bonchev–Trinajstić information content (AvgIpc) is 2.87. The van der Waals surface area contributed by atoms with Gasteiger partial charge in [0, 0.05) is 10.7 Å². The number of hydrazone groups is 1. The van der Waals surface area contributed by atoms with Crippen LogP contribution in [0.3, 0.4) is 0 Å². The zero-order valence-electron chi connectivity index (χ0n) is 14.3. The summed E-state index contributed by atoms with van der Waals surface area (Å²) in [6, 6.07) is 4.23. The summed E-state index contributed by atoms with van der Waals surface area (Å²) in [5, 5.41) is 14.9. The van der Waals surface area contributed by atoms with E-state index < -0.39 is 30.3 Å². The molecule has 0 spiro atoms. The molecule has 1 aromatic carbocycles. The van der Waals surface area contributed by atoms with E-state index in [1.807, 2.05) is 6.92 Å². The summed E-state index contributed by atoms with van der Waals surface area (Å²) in [5.74, 6) is -2.32. The molecule has 27 heavy (non-hydrogen) atoms. The number of fused-ring (bicyclic) bond motifs is 1. The Bertz CT molecular complexity index is 787. The highest BCUT2D eigenvalue weighted by Gasteiger charge is 2.68. The Kier molecular flexibility index (Phi) is 5.35. The zero-order chi connectivity index (χ0) is 20.0. The molecule has 0 radical (unpaired) electrons. The molecule has 1 N–H and O–H groups in total.